The summed E-state index contributed by atoms with van der Waals surface area (Å²) >= 11 is 0. The first-order valence-electron chi connectivity index (χ1n) is 6.15. The van der Waals surface area contributed by atoms with Gasteiger partial charge in [-0.25, -0.2) is 0 Å². The lowest BCUT2D eigenvalue weighted by Crippen LogP contribution is -1.92. The third kappa shape index (κ3) is 8.65. The largest absolute Gasteiger partial charge is 0.497 e. The van der Waals surface area contributed by atoms with Gasteiger partial charge >= 0.3 is 8.25 Å². The Balaban J connectivity index is 0.000000711. The van der Waals surface area contributed by atoms with E-state index in [2.05, 4.69) is 18.4 Å². The van der Waals surface area contributed by atoms with E-state index in [9.17, 15) is 4.57 Å². The molecule has 0 heterocycles. The van der Waals surface area contributed by atoms with Gasteiger partial charge < -0.3 is 18.9 Å². The minimum Gasteiger partial charge on any atom is -0.497 e. The van der Waals surface area contributed by atoms with Crippen molar-refractivity contribution >= 4 is 8.25 Å². The Bertz CT molecular complexity index is 357. The van der Waals surface area contributed by atoms with E-state index < -0.39 is 8.25 Å². The molecule has 6 heteroatoms. The molecule has 0 fully saturated rings. The van der Waals surface area contributed by atoms with Crippen molar-refractivity contribution in [3.63, 3.8) is 0 Å². The normalized spacial score (nSPS) is 11.2. The van der Waals surface area contributed by atoms with Gasteiger partial charge in [0.1, 0.15) is 11.5 Å². The standard InChI is InChI=1S/C9H13O5P.C4H10/c1-12-8-3-7(6-14-15(10)11)4-9(5-8)13-2;1-3-4-2/h3-5,15H,6H2,1-2H3,(H,10,11);3-4H2,1-2H3. The van der Waals surface area contributed by atoms with Gasteiger partial charge in [-0.2, -0.15) is 0 Å². The quantitative estimate of drug-likeness (QED) is 0.813. The molecule has 1 unspecified atom stereocenters. The molecule has 1 N–H and O–H groups in total. The first-order chi connectivity index (χ1) is 9.07. The SMILES string of the molecule is CCCC.COc1cc(CO[PH](=O)O)cc(OC)c1. The van der Waals surface area contributed by atoms with Crippen LogP contribution in [0.25, 0.3) is 0 Å². The van der Waals surface area contributed by atoms with E-state index in [4.69, 9.17) is 14.4 Å². The number of methoxy groups -OCH3 is 2. The summed E-state index contributed by atoms with van der Waals surface area (Å²) in [6.45, 7) is 4.42. The second-order valence-corrected chi connectivity index (χ2v) is 4.60. The van der Waals surface area contributed by atoms with E-state index in [1.54, 1.807) is 18.2 Å². The van der Waals surface area contributed by atoms with Crippen molar-refractivity contribution in [1.29, 1.82) is 0 Å². The molecule has 0 aliphatic rings. The van der Waals surface area contributed by atoms with Gasteiger partial charge in [-0.05, 0) is 17.7 Å². The number of rotatable bonds is 6. The van der Waals surface area contributed by atoms with Crippen LogP contribution in [0.1, 0.15) is 32.3 Å². The molecule has 110 valence electrons. The first kappa shape index (κ1) is 18.0. The lowest BCUT2D eigenvalue weighted by molar-refractivity contribution is 0.271. The lowest BCUT2D eigenvalue weighted by atomic mass is 10.2. The van der Waals surface area contributed by atoms with Gasteiger partial charge in [0.2, 0.25) is 0 Å². The molecule has 0 aliphatic carbocycles. The van der Waals surface area contributed by atoms with Crippen LogP contribution >= 0.6 is 8.25 Å². The fourth-order valence-electron chi connectivity index (χ4n) is 1.09. The summed E-state index contributed by atoms with van der Waals surface area (Å²) in [6.07, 6.45) is 2.64. The second-order valence-electron chi connectivity index (χ2n) is 3.78. The third-order valence-corrected chi connectivity index (χ3v) is 2.66. The summed E-state index contributed by atoms with van der Waals surface area (Å²) in [7, 11) is 0.170. The van der Waals surface area contributed by atoms with Crippen molar-refractivity contribution in [2.75, 3.05) is 14.2 Å². The lowest BCUT2D eigenvalue weighted by Gasteiger charge is -2.07. The summed E-state index contributed by atoms with van der Waals surface area (Å²) < 4.78 is 25.1. The van der Waals surface area contributed by atoms with Crippen molar-refractivity contribution in [3.8, 4) is 11.5 Å². The highest BCUT2D eigenvalue weighted by Gasteiger charge is 2.03. The Hall–Kier alpha value is -1.03. The van der Waals surface area contributed by atoms with Crippen LogP contribution in [0.4, 0.5) is 0 Å². The monoisotopic (exact) mass is 290 g/mol. The maximum atomic E-state index is 10.4. The van der Waals surface area contributed by atoms with Gasteiger partial charge in [-0.3, -0.25) is 4.57 Å². The van der Waals surface area contributed by atoms with Crippen LogP contribution in [0.5, 0.6) is 11.5 Å². The maximum absolute atomic E-state index is 10.4. The van der Waals surface area contributed by atoms with Crippen LogP contribution < -0.4 is 9.47 Å². The summed E-state index contributed by atoms with van der Waals surface area (Å²) in [4.78, 5) is 8.53. The summed E-state index contributed by atoms with van der Waals surface area (Å²) in [6, 6.07) is 5.14. The number of benzene rings is 1. The second kappa shape index (κ2) is 10.9. The summed E-state index contributed by atoms with van der Waals surface area (Å²) in [5.74, 6) is 1.23. The molecular formula is C13H23O5P. The zero-order valence-corrected chi connectivity index (χ0v) is 12.9. The van der Waals surface area contributed by atoms with Gasteiger partial charge in [0.05, 0.1) is 20.8 Å². The Kier molecular flexibility index (Phi) is 10.3. The van der Waals surface area contributed by atoms with Crippen molar-refractivity contribution in [2.24, 2.45) is 0 Å². The molecule has 0 radical (unpaired) electrons. The summed E-state index contributed by atoms with van der Waals surface area (Å²) in [5, 5.41) is 0. The summed E-state index contributed by atoms with van der Waals surface area (Å²) in [5.41, 5.74) is 0.721. The predicted molar refractivity (Wildman–Crippen MR) is 76.1 cm³/mol. The molecule has 0 saturated carbocycles. The van der Waals surface area contributed by atoms with Crippen LogP contribution in [0.3, 0.4) is 0 Å². The van der Waals surface area contributed by atoms with Gasteiger partial charge in [0, 0.05) is 6.07 Å². The van der Waals surface area contributed by atoms with Crippen molar-refractivity contribution < 1.29 is 23.5 Å². The minimum atomic E-state index is -2.90. The van der Waals surface area contributed by atoms with E-state index in [1.807, 2.05) is 0 Å². The Morgan fingerprint density at radius 1 is 1.05 bits per heavy atom. The number of hydrogen-bond acceptors (Lipinski definition) is 4. The zero-order chi connectivity index (χ0) is 14.7. The molecule has 1 atom stereocenters. The molecule has 0 spiro atoms. The van der Waals surface area contributed by atoms with E-state index in [-0.39, 0.29) is 6.61 Å². The van der Waals surface area contributed by atoms with E-state index >= 15 is 0 Å². The zero-order valence-electron chi connectivity index (χ0n) is 11.9. The number of hydrogen-bond donors (Lipinski definition) is 1. The smallest absolute Gasteiger partial charge is 0.316 e. The maximum Gasteiger partial charge on any atom is 0.316 e. The average Bonchev–Trinajstić information content (AvgIpc) is 2.44. The van der Waals surface area contributed by atoms with E-state index in [0.717, 1.165) is 5.56 Å². The Labute approximate surface area is 115 Å². The molecule has 0 aromatic heterocycles. The highest BCUT2D eigenvalue weighted by atomic mass is 31.1. The molecule has 0 aliphatic heterocycles. The molecular weight excluding hydrogens is 267 g/mol. The van der Waals surface area contributed by atoms with E-state index in [1.165, 1.54) is 27.1 Å². The van der Waals surface area contributed by atoms with Crippen LogP contribution in [-0.2, 0) is 15.7 Å². The van der Waals surface area contributed by atoms with Gasteiger partial charge in [-0.1, -0.05) is 26.7 Å². The first-order valence-corrected chi connectivity index (χ1v) is 7.41. The molecule has 1 rings (SSSR count). The van der Waals surface area contributed by atoms with Gasteiger partial charge in [-0.15, -0.1) is 0 Å². The molecule has 1 aromatic carbocycles. The van der Waals surface area contributed by atoms with Gasteiger partial charge in [0.15, 0.2) is 0 Å². The fourth-order valence-corrected chi connectivity index (χ4v) is 1.38. The Morgan fingerprint density at radius 3 is 1.84 bits per heavy atom. The van der Waals surface area contributed by atoms with Crippen molar-refractivity contribution in [1.82, 2.24) is 0 Å². The molecule has 0 saturated heterocycles. The molecule has 0 bridgehead atoms. The molecule has 19 heavy (non-hydrogen) atoms. The number of unbranched alkanes of at least 4 members (excludes halogenated alkanes) is 1. The Morgan fingerprint density at radius 2 is 1.53 bits per heavy atom. The molecule has 5 nitrogen and oxygen atoms in total. The average molecular weight is 290 g/mol. The fraction of sp³-hybridized carbons (Fsp3) is 0.538. The third-order valence-electron chi connectivity index (χ3n) is 2.27. The highest BCUT2D eigenvalue weighted by molar-refractivity contribution is 7.32. The van der Waals surface area contributed by atoms with Crippen molar-refractivity contribution in [2.45, 2.75) is 33.3 Å². The molecule has 0 amide bonds. The van der Waals surface area contributed by atoms with Crippen LogP contribution in [0, 0.1) is 0 Å². The van der Waals surface area contributed by atoms with Crippen molar-refractivity contribution in [3.05, 3.63) is 23.8 Å². The molecule has 1 aromatic rings. The van der Waals surface area contributed by atoms with Crippen LogP contribution in [0.2, 0.25) is 0 Å². The predicted octanol–water partition coefficient (Wildman–Crippen LogP) is 3.41. The van der Waals surface area contributed by atoms with E-state index in [0.29, 0.717) is 11.5 Å². The topological polar surface area (TPSA) is 65.0 Å². The highest BCUT2D eigenvalue weighted by Crippen LogP contribution is 2.25. The van der Waals surface area contributed by atoms with Crippen LogP contribution in [0.15, 0.2) is 18.2 Å². The van der Waals surface area contributed by atoms with Crippen LogP contribution in [-0.4, -0.2) is 19.1 Å². The minimum absolute atomic E-state index is 0.0574. The van der Waals surface area contributed by atoms with Gasteiger partial charge in [0.25, 0.3) is 0 Å². The number of ether oxygens (including phenoxy) is 2.